The van der Waals surface area contributed by atoms with E-state index in [1.165, 1.54) is 25.2 Å². The summed E-state index contributed by atoms with van der Waals surface area (Å²) in [5.74, 6) is -11.3. The van der Waals surface area contributed by atoms with Crippen LogP contribution in [0.4, 0.5) is 47.8 Å². The molecule has 0 saturated carbocycles. The highest BCUT2D eigenvalue weighted by Gasteiger charge is 2.24. The van der Waals surface area contributed by atoms with Crippen LogP contribution >= 0.6 is 45.2 Å². The number of hydrogen-bond donors (Lipinski definition) is 3. The topological polar surface area (TPSA) is 89.9 Å². The predicted octanol–water partition coefficient (Wildman–Crippen LogP) is 8.45. The molecular formula is C28H19F7I2N2O4. The van der Waals surface area contributed by atoms with Crippen LogP contribution in [0, 0.1) is 47.9 Å². The van der Waals surface area contributed by atoms with E-state index in [1.807, 2.05) is 51.2 Å². The maximum absolute atomic E-state index is 14.0. The standard InChI is InChI=1S/C14H9F3INO2.C7H3F3O2.C7H7FIN/c1-19(11-5-2-7(18)6-10(11)16)13-8(14(20)21)3-4-9(15)12(13)17;8-4-2-1-3(7(11)12)5(9)6(4)10;1-10-5-2-3-7(9)6(8)4-5/h2-6H,1H3,(H,20,21);1-2H,(H,11,12);2-4,10H,1H3. The van der Waals surface area contributed by atoms with E-state index in [-0.39, 0.29) is 11.5 Å². The van der Waals surface area contributed by atoms with Crippen LogP contribution in [-0.2, 0) is 0 Å². The molecule has 0 heterocycles. The van der Waals surface area contributed by atoms with Crippen LogP contribution in [0.2, 0.25) is 0 Å². The molecule has 0 radical (unpaired) electrons. The molecule has 0 aliphatic carbocycles. The van der Waals surface area contributed by atoms with Gasteiger partial charge in [-0.2, -0.15) is 0 Å². The predicted molar refractivity (Wildman–Crippen MR) is 162 cm³/mol. The number of anilines is 3. The molecule has 4 rings (SSSR count). The van der Waals surface area contributed by atoms with Gasteiger partial charge in [-0.3, -0.25) is 0 Å². The molecule has 0 fully saturated rings. The van der Waals surface area contributed by atoms with E-state index in [2.05, 4.69) is 5.32 Å². The second kappa shape index (κ2) is 15.7. The minimum atomic E-state index is -1.77. The quantitative estimate of drug-likeness (QED) is 0.106. The first kappa shape index (κ1) is 35.6. The number of halogens is 9. The molecule has 15 heteroatoms. The molecule has 4 aromatic rings. The third kappa shape index (κ3) is 9.19. The number of carbonyl (C=O) groups is 2. The van der Waals surface area contributed by atoms with E-state index in [9.17, 15) is 40.3 Å². The van der Waals surface area contributed by atoms with Crippen LogP contribution in [0.15, 0.2) is 60.7 Å². The van der Waals surface area contributed by atoms with E-state index >= 15 is 0 Å². The highest BCUT2D eigenvalue weighted by Crippen LogP contribution is 2.33. The Hall–Kier alpha value is -3.61. The van der Waals surface area contributed by atoms with E-state index in [4.69, 9.17) is 10.2 Å². The van der Waals surface area contributed by atoms with Gasteiger partial charge in [-0.1, -0.05) is 0 Å². The van der Waals surface area contributed by atoms with E-state index in [1.54, 1.807) is 19.2 Å². The fraction of sp³-hybridized carbons (Fsp3) is 0.0714. The fourth-order valence-electron chi connectivity index (χ4n) is 3.26. The van der Waals surface area contributed by atoms with Crippen molar-refractivity contribution in [3.8, 4) is 0 Å². The Bertz CT molecular complexity index is 1660. The van der Waals surface area contributed by atoms with Crippen LogP contribution in [0.1, 0.15) is 20.7 Å². The summed E-state index contributed by atoms with van der Waals surface area (Å²) in [5, 5.41) is 20.2. The van der Waals surface area contributed by atoms with Crippen molar-refractivity contribution in [1.82, 2.24) is 0 Å². The smallest absolute Gasteiger partial charge is 0.338 e. The molecule has 3 N–H and O–H groups in total. The first-order valence-corrected chi connectivity index (χ1v) is 13.7. The third-order valence-electron chi connectivity index (χ3n) is 5.38. The van der Waals surface area contributed by atoms with Gasteiger partial charge in [0.2, 0.25) is 0 Å². The monoisotopic (exact) mass is 834 g/mol. The highest BCUT2D eigenvalue weighted by atomic mass is 127. The molecule has 0 amide bonds. The zero-order valence-corrected chi connectivity index (χ0v) is 26.1. The lowest BCUT2D eigenvalue weighted by Gasteiger charge is -2.22. The molecule has 6 nitrogen and oxygen atoms in total. The van der Waals surface area contributed by atoms with Crippen molar-refractivity contribution in [3.05, 3.63) is 120 Å². The molecular weight excluding hydrogens is 815 g/mol. The van der Waals surface area contributed by atoms with Crippen molar-refractivity contribution >= 4 is 74.2 Å². The van der Waals surface area contributed by atoms with E-state index in [0.29, 0.717) is 19.3 Å². The fourth-order valence-corrected chi connectivity index (χ4v) is 4.05. The van der Waals surface area contributed by atoms with Gasteiger partial charge >= 0.3 is 11.9 Å². The molecule has 0 bridgehead atoms. The second-order valence-electron chi connectivity index (χ2n) is 8.12. The van der Waals surface area contributed by atoms with Gasteiger partial charge in [0.1, 0.15) is 11.6 Å². The molecule has 0 saturated heterocycles. The number of hydrogen-bond acceptors (Lipinski definition) is 4. The Labute approximate surface area is 267 Å². The summed E-state index contributed by atoms with van der Waals surface area (Å²) >= 11 is 3.86. The lowest BCUT2D eigenvalue weighted by Crippen LogP contribution is -2.18. The van der Waals surface area contributed by atoms with Gasteiger partial charge in [-0.15, -0.1) is 0 Å². The number of nitrogens with zero attached hydrogens (tertiary/aromatic N) is 1. The minimum Gasteiger partial charge on any atom is -0.478 e. The van der Waals surface area contributed by atoms with Crippen LogP contribution in [0.3, 0.4) is 0 Å². The zero-order chi connectivity index (χ0) is 32.6. The number of aromatic carboxylic acids is 2. The highest BCUT2D eigenvalue weighted by molar-refractivity contribution is 14.1. The number of rotatable bonds is 5. The molecule has 4 aromatic carbocycles. The summed E-state index contributed by atoms with van der Waals surface area (Å²) in [5.41, 5.74) is -1.11. The van der Waals surface area contributed by atoms with Crippen LogP contribution in [0.5, 0.6) is 0 Å². The normalized spacial score (nSPS) is 10.1. The molecule has 0 aliphatic heterocycles. The summed E-state index contributed by atoms with van der Waals surface area (Å²) in [4.78, 5) is 22.3. The molecule has 0 aliphatic rings. The SMILES string of the molecule is CN(c1ccc(I)cc1F)c1c(C(=O)O)ccc(F)c1F.CNc1ccc(I)c(F)c1.O=C(O)c1ccc(F)c(F)c1F. The van der Waals surface area contributed by atoms with Crippen LogP contribution in [-0.4, -0.2) is 36.2 Å². The maximum atomic E-state index is 14.0. The van der Waals surface area contributed by atoms with Crippen LogP contribution in [0.25, 0.3) is 0 Å². The molecule has 0 aromatic heterocycles. The Morgan fingerprint density at radius 1 is 0.674 bits per heavy atom. The Morgan fingerprint density at radius 3 is 1.74 bits per heavy atom. The van der Waals surface area contributed by atoms with Gasteiger partial charge in [0.05, 0.1) is 22.5 Å². The van der Waals surface area contributed by atoms with E-state index in [0.717, 1.165) is 22.7 Å². The van der Waals surface area contributed by atoms with Crippen molar-refractivity contribution in [1.29, 1.82) is 0 Å². The Kier molecular flexibility index (Phi) is 13.0. The average Bonchev–Trinajstić information content (AvgIpc) is 2.94. The molecule has 228 valence electrons. The lowest BCUT2D eigenvalue weighted by atomic mass is 10.1. The van der Waals surface area contributed by atoms with Crippen molar-refractivity contribution in [2.24, 2.45) is 0 Å². The Balaban J connectivity index is 0.000000248. The number of carboxylic acids is 2. The summed E-state index contributed by atoms with van der Waals surface area (Å²) in [6.07, 6.45) is 0. The Morgan fingerprint density at radius 2 is 1.23 bits per heavy atom. The van der Waals surface area contributed by atoms with Gasteiger partial charge in [-0.05, 0) is 106 Å². The molecule has 0 unspecified atom stereocenters. The van der Waals surface area contributed by atoms with Crippen molar-refractivity contribution in [2.45, 2.75) is 0 Å². The summed E-state index contributed by atoms with van der Waals surface area (Å²) in [7, 11) is 3.04. The van der Waals surface area contributed by atoms with Crippen molar-refractivity contribution in [3.63, 3.8) is 0 Å². The number of carboxylic acid groups (broad SMARTS) is 2. The first-order valence-electron chi connectivity index (χ1n) is 11.5. The summed E-state index contributed by atoms with van der Waals surface area (Å²) < 4.78 is 92.3. The molecule has 43 heavy (non-hydrogen) atoms. The van der Waals surface area contributed by atoms with Crippen molar-refractivity contribution in [2.75, 3.05) is 24.3 Å². The second-order valence-corrected chi connectivity index (χ2v) is 10.5. The van der Waals surface area contributed by atoms with Gasteiger partial charge in [-0.25, -0.2) is 40.3 Å². The van der Waals surface area contributed by atoms with Gasteiger partial charge in [0, 0.05) is 26.9 Å². The minimum absolute atomic E-state index is 0.0533. The molecule has 0 spiro atoms. The van der Waals surface area contributed by atoms with Gasteiger partial charge < -0.3 is 20.4 Å². The largest absolute Gasteiger partial charge is 0.478 e. The first-order chi connectivity index (χ1) is 20.1. The van der Waals surface area contributed by atoms with Gasteiger partial charge in [0.25, 0.3) is 0 Å². The lowest BCUT2D eigenvalue weighted by molar-refractivity contribution is 0.0682. The van der Waals surface area contributed by atoms with Gasteiger partial charge in [0.15, 0.2) is 29.1 Å². The number of nitrogens with one attached hydrogen (secondary N) is 1. The molecule has 0 atom stereocenters. The third-order valence-corrected chi connectivity index (χ3v) is 6.93. The summed E-state index contributed by atoms with van der Waals surface area (Å²) in [6.45, 7) is 0. The van der Waals surface area contributed by atoms with Crippen molar-refractivity contribution < 1.29 is 50.5 Å². The average molecular weight is 834 g/mol. The van der Waals surface area contributed by atoms with Crippen LogP contribution < -0.4 is 10.2 Å². The van der Waals surface area contributed by atoms with E-state index < -0.39 is 63.7 Å². The zero-order valence-electron chi connectivity index (χ0n) is 21.8. The maximum Gasteiger partial charge on any atom is 0.338 e. The summed E-state index contributed by atoms with van der Waals surface area (Å²) in [6, 6.07) is 12.1. The number of benzene rings is 4.